The Labute approximate surface area is 162 Å². The van der Waals surface area contributed by atoms with Crippen molar-refractivity contribution in [3.8, 4) is 0 Å². The lowest BCUT2D eigenvalue weighted by atomic mass is 9.48. The van der Waals surface area contributed by atoms with Crippen LogP contribution in [0.4, 0.5) is 5.82 Å². The van der Waals surface area contributed by atoms with Gasteiger partial charge in [-0.3, -0.25) is 9.59 Å². The summed E-state index contributed by atoms with van der Waals surface area (Å²) in [5.41, 5.74) is 4.17. The van der Waals surface area contributed by atoms with Gasteiger partial charge in [-0.2, -0.15) is 0 Å². The second-order valence-corrected chi connectivity index (χ2v) is 8.06. The van der Waals surface area contributed by atoms with Crippen LogP contribution in [-0.4, -0.2) is 16.8 Å². The van der Waals surface area contributed by atoms with Crippen LogP contribution in [0, 0.1) is 11.8 Å². The monoisotopic (exact) mass is 366 g/mol. The van der Waals surface area contributed by atoms with Gasteiger partial charge in [0.15, 0.2) is 0 Å². The summed E-state index contributed by atoms with van der Waals surface area (Å²) in [5.74, 6) is -0.729. The highest BCUT2D eigenvalue weighted by Crippen LogP contribution is 2.63. The number of aromatic nitrogens is 1. The topological polar surface area (TPSA) is 50.3 Å². The maximum atomic E-state index is 13.6. The van der Waals surface area contributed by atoms with E-state index in [1.807, 2.05) is 30.3 Å². The fourth-order valence-corrected chi connectivity index (χ4v) is 5.86. The Balaban J connectivity index is 1.64. The van der Waals surface area contributed by atoms with Crippen molar-refractivity contribution in [2.24, 2.45) is 11.8 Å². The van der Waals surface area contributed by atoms with E-state index in [0.717, 1.165) is 0 Å². The number of carbonyl (C=O) groups excluding carboxylic acids is 2. The Morgan fingerprint density at radius 2 is 1.43 bits per heavy atom. The molecule has 0 spiro atoms. The molecule has 0 unspecified atom stereocenters. The van der Waals surface area contributed by atoms with E-state index >= 15 is 0 Å². The van der Waals surface area contributed by atoms with Gasteiger partial charge in [-0.15, -0.1) is 0 Å². The number of amides is 2. The van der Waals surface area contributed by atoms with Crippen molar-refractivity contribution in [2.45, 2.75) is 18.3 Å². The first-order valence-corrected chi connectivity index (χ1v) is 9.61. The molecule has 2 heterocycles. The van der Waals surface area contributed by atoms with Gasteiger partial charge in [0.25, 0.3) is 0 Å². The van der Waals surface area contributed by atoms with E-state index < -0.39 is 11.3 Å². The van der Waals surface area contributed by atoms with Crippen molar-refractivity contribution < 1.29 is 9.59 Å². The number of benzene rings is 2. The van der Waals surface area contributed by atoms with Gasteiger partial charge in [0, 0.05) is 17.5 Å². The Bertz CT molecular complexity index is 1110. The van der Waals surface area contributed by atoms with Crippen LogP contribution in [-0.2, 0) is 15.0 Å². The number of anilines is 1. The zero-order valence-electron chi connectivity index (χ0n) is 15.4. The first-order chi connectivity index (χ1) is 13.6. The lowest BCUT2D eigenvalue weighted by molar-refractivity contribution is -0.123. The second kappa shape index (κ2) is 5.16. The van der Waals surface area contributed by atoms with E-state index in [0.29, 0.717) is 5.82 Å². The number of nitrogens with zero attached hydrogens (tertiary/aromatic N) is 2. The fraction of sp³-hybridized carbons (Fsp3) is 0.208. The van der Waals surface area contributed by atoms with Gasteiger partial charge in [0.05, 0.1) is 11.8 Å². The number of rotatable bonds is 1. The maximum absolute atomic E-state index is 13.6. The van der Waals surface area contributed by atoms with Gasteiger partial charge in [-0.05, 0) is 34.4 Å². The van der Waals surface area contributed by atoms with Crippen LogP contribution < -0.4 is 4.90 Å². The minimum Gasteiger partial charge on any atom is -0.274 e. The van der Waals surface area contributed by atoms with Gasteiger partial charge in [-0.25, -0.2) is 9.88 Å². The molecule has 4 nitrogen and oxygen atoms in total. The van der Waals surface area contributed by atoms with E-state index in [4.69, 9.17) is 0 Å². The third kappa shape index (κ3) is 1.65. The van der Waals surface area contributed by atoms with Crippen molar-refractivity contribution >= 4 is 17.6 Å². The summed E-state index contributed by atoms with van der Waals surface area (Å²) in [4.78, 5) is 32.8. The predicted molar refractivity (Wildman–Crippen MR) is 105 cm³/mol. The summed E-state index contributed by atoms with van der Waals surface area (Å²) in [6, 6.07) is 21.9. The molecule has 4 heteroatoms. The minimum absolute atomic E-state index is 0.0932. The van der Waals surface area contributed by atoms with E-state index in [-0.39, 0.29) is 23.7 Å². The highest BCUT2D eigenvalue weighted by molar-refractivity contribution is 6.23. The van der Waals surface area contributed by atoms with Gasteiger partial charge in [-0.1, -0.05) is 61.5 Å². The first kappa shape index (κ1) is 15.8. The Kier molecular flexibility index (Phi) is 2.91. The van der Waals surface area contributed by atoms with Crippen LogP contribution in [0.1, 0.15) is 35.1 Å². The van der Waals surface area contributed by atoms with Crippen LogP contribution in [0.3, 0.4) is 0 Å². The molecule has 0 saturated carbocycles. The zero-order valence-corrected chi connectivity index (χ0v) is 15.4. The highest BCUT2D eigenvalue weighted by atomic mass is 16.2. The largest absolute Gasteiger partial charge is 0.274 e. The molecule has 7 rings (SSSR count). The smallest absolute Gasteiger partial charge is 0.240 e. The average molecular weight is 366 g/mol. The molecule has 4 aliphatic rings. The number of hydrogen-bond acceptors (Lipinski definition) is 3. The third-order valence-electron chi connectivity index (χ3n) is 6.92. The minimum atomic E-state index is -0.525. The molecule has 136 valence electrons. The molecule has 1 saturated heterocycles. The molecule has 1 aromatic heterocycles. The molecule has 3 aromatic rings. The Hall–Kier alpha value is -3.27. The van der Waals surface area contributed by atoms with Crippen LogP contribution in [0.5, 0.6) is 0 Å². The summed E-state index contributed by atoms with van der Waals surface area (Å²) in [7, 11) is 0. The van der Waals surface area contributed by atoms with Crippen molar-refractivity contribution in [2.75, 3.05) is 4.90 Å². The van der Waals surface area contributed by atoms with Crippen LogP contribution in [0.25, 0.3) is 0 Å². The quantitative estimate of drug-likeness (QED) is 0.618. The van der Waals surface area contributed by atoms with E-state index in [2.05, 4.69) is 36.2 Å². The van der Waals surface area contributed by atoms with Crippen molar-refractivity contribution in [3.63, 3.8) is 0 Å². The average Bonchev–Trinajstić information content (AvgIpc) is 3.01. The molecule has 1 aliphatic heterocycles. The Morgan fingerprint density at radius 3 is 2.04 bits per heavy atom. The summed E-state index contributed by atoms with van der Waals surface area (Å²) in [6.45, 7) is 2.13. The van der Waals surface area contributed by atoms with Gasteiger partial charge in [0.1, 0.15) is 5.82 Å². The summed E-state index contributed by atoms with van der Waals surface area (Å²) in [5, 5.41) is 0. The lowest BCUT2D eigenvalue weighted by Gasteiger charge is -2.52. The molecule has 1 fully saturated rings. The predicted octanol–water partition coefficient (Wildman–Crippen LogP) is 3.65. The molecular formula is C24H18N2O2. The third-order valence-corrected chi connectivity index (χ3v) is 6.92. The molecule has 0 radical (unpaired) electrons. The SMILES string of the molecule is CC12c3ccccc3C(c3ccccc31)[C@@H]1C(=O)N(c3ccccn3)C(=O)[C@H]12. The van der Waals surface area contributed by atoms with Crippen molar-refractivity contribution in [1.29, 1.82) is 0 Å². The molecule has 28 heavy (non-hydrogen) atoms. The van der Waals surface area contributed by atoms with E-state index in [9.17, 15) is 9.59 Å². The Morgan fingerprint density at radius 1 is 0.821 bits per heavy atom. The first-order valence-electron chi connectivity index (χ1n) is 9.61. The normalized spacial score (nSPS) is 29.5. The number of imide groups is 1. The molecule has 2 amide bonds. The van der Waals surface area contributed by atoms with E-state index in [1.54, 1.807) is 18.3 Å². The van der Waals surface area contributed by atoms with Crippen LogP contribution in [0.2, 0.25) is 0 Å². The molecule has 2 aromatic carbocycles. The van der Waals surface area contributed by atoms with Crippen LogP contribution in [0.15, 0.2) is 72.9 Å². The molecular weight excluding hydrogens is 348 g/mol. The van der Waals surface area contributed by atoms with Gasteiger partial charge in [0.2, 0.25) is 11.8 Å². The molecule has 0 N–H and O–H groups in total. The standard InChI is InChI=1S/C24H18N2O2/c1-24-16-10-4-2-8-14(16)19(15-9-3-5-11-17(15)24)20-21(24)23(28)26(22(20)27)18-12-6-7-13-25-18/h2-13,19-21H,1H3/t19?,20-,21-,24?/m0/s1. The summed E-state index contributed by atoms with van der Waals surface area (Å²) in [6.07, 6.45) is 1.62. The van der Waals surface area contributed by atoms with Crippen LogP contribution >= 0.6 is 0 Å². The molecule has 2 bridgehead atoms. The fourth-order valence-electron chi connectivity index (χ4n) is 5.86. The maximum Gasteiger partial charge on any atom is 0.240 e. The summed E-state index contributed by atoms with van der Waals surface area (Å²) >= 11 is 0. The molecule has 2 atom stereocenters. The van der Waals surface area contributed by atoms with Crippen molar-refractivity contribution in [3.05, 3.63) is 95.2 Å². The van der Waals surface area contributed by atoms with Crippen molar-refractivity contribution in [1.82, 2.24) is 4.98 Å². The number of pyridine rings is 1. The summed E-state index contributed by atoms with van der Waals surface area (Å²) < 4.78 is 0. The highest BCUT2D eigenvalue weighted by Gasteiger charge is 2.66. The number of carbonyl (C=O) groups is 2. The van der Waals surface area contributed by atoms with E-state index in [1.165, 1.54) is 27.2 Å². The number of hydrogen-bond donors (Lipinski definition) is 0. The second-order valence-electron chi connectivity index (χ2n) is 8.06. The van der Waals surface area contributed by atoms with Gasteiger partial charge < -0.3 is 0 Å². The lowest BCUT2D eigenvalue weighted by Crippen LogP contribution is -2.51. The zero-order chi connectivity index (χ0) is 19.0. The molecule has 3 aliphatic carbocycles. The van der Waals surface area contributed by atoms with Gasteiger partial charge >= 0.3 is 0 Å².